The molecule has 0 spiro atoms. The van der Waals surface area contributed by atoms with Gasteiger partial charge in [0.1, 0.15) is 0 Å². The molecule has 2 nitrogen and oxygen atoms in total. The van der Waals surface area contributed by atoms with E-state index in [1.807, 2.05) is 0 Å². The molecule has 1 heterocycles. The van der Waals surface area contributed by atoms with Gasteiger partial charge in [0.25, 0.3) is 0 Å². The predicted molar refractivity (Wildman–Crippen MR) is 64.4 cm³/mol. The number of nitrogen functional groups attached to an aromatic ring is 1. The summed E-state index contributed by atoms with van der Waals surface area (Å²) in [6.45, 7) is 2.07. The van der Waals surface area contributed by atoms with Crippen LogP contribution in [0.2, 0.25) is 0 Å². The lowest BCUT2D eigenvalue weighted by molar-refractivity contribution is 1.41. The summed E-state index contributed by atoms with van der Waals surface area (Å²) in [7, 11) is 0. The summed E-state index contributed by atoms with van der Waals surface area (Å²) in [5, 5.41) is 0.604. The summed E-state index contributed by atoms with van der Waals surface area (Å²) in [5.74, 6) is 0. The zero-order valence-electron chi connectivity index (χ0n) is 7.62. The van der Waals surface area contributed by atoms with E-state index in [4.69, 9.17) is 5.73 Å². The number of rotatable bonds is 1. The summed E-state index contributed by atoms with van der Waals surface area (Å²) in [5.41, 5.74) is 7.97. The van der Waals surface area contributed by atoms with Crippen LogP contribution in [-0.4, -0.2) is 4.98 Å². The van der Waals surface area contributed by atoms with Gasteiger partial charge in [-0.05, 0) is 18.6 Å². The fourth-order valence-electron chi connectivity index (χ4n) is 1.23. The van der Waals surface area contributed by atoms with Gasteiger partial charge < -0.3 is 5.73 Å². The molecule has 2 rings (SSSR count). The van der Waals surface area contributed by atoms with Gasteiger partial charge in [-0.2, -0.15) is 0 Å². The van der Waals surface area contributed by atoms with Crippen LogP contribution in [0.5, 0.6) is 0 Å². The molecule has 14 heavy (non-hydrogen) atoms. The van der Waals surface area contributed by atoms with E-state index < -0.39 is 0 Å². The Balaban J connectivity index is 2.52. The monoisotopic (exact) mass is 268 g/mol. The van der Waals surface area contributed by atoms with Crippen LogP contribution in [0.3, 0.4) is 0 Å². The first-order valence-electron chi connectivity index (χ1n) is 4.14. The highest BCUT2D eigenvalue weighted by atomic mass is 79.9. The van der Waals surface area contributed by atoms with Crippen molar-refractivity contribution in [2.45, 2.75) is 6.92 Å². The number of nitrogens with zero attached hydrogens (tertiary/aromatic N) is 1. The van der Waals surface area contributed by atoms with E-state index in [1.54, 1.807) is 6.20 Å². The maximum absolute atomic E-state index is 5.59. The molecule has 1 aromatic heterocycles. The smallest absolute Gasteiger partial charge is 0.180 e. The lowest BCUT2D eigenvalue weighted by Gasteiger charge is -2.01. The number of anilines is 1. The molecule has 0 saturated carbocycles. The number of hydrogen-bond donors (Lipinski definition) is 1. The van der Waals surface area contributed by atoms with E-state index in [0.717, 1.165) is 14.9 Å². The van der Waals surface area contributed by atoms with Crippen molar-refractivity contribution in [3.05, 3.63) is 34.4 Å². The summed E-state index contributed by atoms with van der Waals surface area (Å²) in [4.78, 5) is 5.12. The van der Waals surface area contributed by atoms with Crippen molar-refractivity contribution >= 4 is 32.4 Å². The maximum Gasteiger partial charge on any atom is 0.180 e. The lowest BCUT2D eigenvalue weighted by Crippen LogP contribution is -1.77. The van der Waals surface area contributed by atoms with Crippen molar-refractivity contribution in [2.24, 2.45) is 0 Å². The standard InChI is InChI=1S/C10H9BrN2S/c1-6-2-3-7(8(11)4-6)9-5-13-10(12)14-9/h2-5H,1H3,(H2,12,13). The minimum absolute atomic E-state index is 0.604. The third kappa shape index (κ3) is 1.81. The molecule has 72 valence electrons. The Morgan fingerprint density at radius 1 is 1.43 bits per heavy atom. The van der Waals surface area contributed by atoms with Crippen LogP contribution < -0.4 is 5.73 Å². The van der Waals surface area contributed by atoms with E-state index in [-0.39, 0.29) is 0 Å². The molecule has 0 radical (unpaired) electrons. The van der Waals surface area contributed by atoms with Gasteiger partial charge in [-0.15, -0.1) is 0 Å². The first kappa shape index (κ1) is 9.68. The Kier molecular flexibility index (Phi) is 2.56. The van der Waals surface area contributed by atoms with E-state index >= 15 is 0 Å². The van der Waals surface area contributed by atoms with Crippen LogP contribution in [0.15, 0.2) is 28.9 Å². The number of benzene rings is 1. The van der Waals surface area contributed by atoms with E-state index in [0.29, 0.717) is 5.13 Å². The quantitative estimate of drug-likeness (QED) is 0.861. The number of aromatic nitrogens is 1. The Morgan fingerprint density at radius 2 is 2.21 bits per heavy atom. The minimum Gasteiger partial charge on any atom is -0.375 e. The van der Waals surface area contributed by atoms with E-state index in [9.17, 15) is 0 Å². The number of aryl methyl sites for hydroxylation is 1. The van der Waals surface area contributed by atoms with Crippen molar-refractivity contribution in [1.82, 2.24) is 4.98 Å². The van der Waals surface area contributed by atoms with Crippen molar-refractivity contribution in [3.8, 4) is 10.4 Å². The highest BCUT2D eigenvalue weighted by molar-refractivity contribution is 9.10. The Hall–Kier alpha value is -0.870. The summed E-state index contributed by atoms with van der Waals surface area (Å²) < 4.78 is 1.08. The Bertz CT molecular complexity index is 465. The van der Waals surface area contributed by atoms with Crippen LogP contribution in [0.25, 0.3) is 10.4 Å². The molecule has 0 saturated heterocycles. The summed E-state index contributed by atoms with van der Waals surface area (Å²) in [6, 6.07) is 6.24. The highest BCUT2D eigenvalue weighted by Crippen LogP contribution is 2.33. The second-order valence-corrected chi connectivity index (χ2v) is 4.96. The van der Waals surface area contributed by atoms with Crippen molar-refractivity contribution in [2.75, 3.05) is 5.73 Å². The fraction of sp³-hybridized carbons (Fsp3) is 0.100. The van der Waals surface area contributed by atoms with Crippen LogP contribution >= 0.6 is 27.3 Å². The van der Waals surface area contributed by atoms with Gasteiger partial charge in [-0.25, -0.2) is 4.98 Å². The summed E-state index contributed by atoms with van der Waals surface area (Å²) in [6.07, 6.45) is 1.80. The van der Waals surface area contributed by atoms with Gasteiger partial charge >= 0.3 is 0 Å². The zero-order chi connectivity index (χ0) is 10.1. The molecule has 0 aliphatic rings. The Morgan fingerprint density at radius 3 is 2.79 bits per heavy atom. The minimum atomic E-state index is 0.604. The SMILES string of the molecule is Cc1ccc(-c2cnc(N)s2)c(Br)c1. The van der Waals surface area contributed by atoms with Gasteiger partial charge in [-0.3, -0.25) is 0 Å². The first-order valence-corrected chi connectivity index (χ1v) is 5.75. The predicted octanol–water partition coefficient (Wildman–Crippen LogP) is 3.46. The fourth-order valence-corrected chi connectivity index (χ4v) is 2.79. The average molecular weight is 269 g/mol. The molecule has 0 bridgehead atoms. The Labute approximate surface area is 94.9 Å². The van der Waals surface area contributed by atoms with Gasteiger partial charge in [0, 0.05) is 16.2 Å². The van der Waals surface area contributed by atoms with Gasteiger partial charge in [0.15, 0.2) is 5.13 Å². The van der Waals surface area contributed by atoms with Gasteiger partial charge in [0.05, 0.1) is 4.88 Å². The molecule has 0 unspecified atom stereocenters. The maximum atomic E-state index is 5.59. The summed E-state index contributed by atoms with van der Waals surface area (Å²) >= 11 is 5.03. The molecular formula is C10H9BrN2S. The lowest BCUT2D eigenvalue weighted by atomic mass is 10.1. The van der Waals surface area contributed by atoms with Crippen LogP contribution in [0.4, 0.5) is 5.13 Å². The molecular weight excluding hydrogens is 260 g/mol. The second kappa shape index (κ2) is 3.71. The highest BCUT2D eigenvalue weighted by Gasteiger charge is 2.05. The zero-order valence-corrected chi connectivity index (χ0v) is 10.0. The first-order chi connectivity index (χ1) is 6.66. The van der Waals surface area contributed by atoms with Gasteiger partial charge in [-0.1, -0.05) is 39.4 Å². The number of halogens is 1. The largest absolute Gasteiger partial charge is 0.375 e. The molecule has 2 N–H and O–H groups in total. The van der Waals surface area contributed by atoms with E-state index in [2.05, 4.69) is 46.0 Å². The third-order valence-electron chi connectivity index (χ3n) is 1.91. The van der Waals surface area contributed by atoms with Crippen LogP contribution in [0, 0.1) is 6.92 Å². The molecule has 4 heteroatoms. The van der Waals surface area contributed by atoms with Gasteiger partial charge in [0.2, 0.25) is 0 Å². The molecule has 2 aromatic rings. The molecule has 0 aliphatic carbocycles. The van der Waals surface area contributed by atoms with Crippen molar-refractivity contribution in [3.63, 3.8) is 0 Å². The third-order valence-corrected chi connectivity index (χ3v) is 3.43. The molecule has 1 aromatic carbocycles. The van der Waals surface area contributed by atoms with Crippen molar-refractivity contribution in [1.29, 1.82) is 0 Å². The average Bonchev–Trinajstić information content (AvgIpc) is 2.51. The normalized spacial score (nSPS) is 10.4. The number of hydrogen-bond acceptors (Lipinski definition) is 3. The molecule has 0 amide bonds. The van der Waals surface area contributed by atoms with E-state index in [1.165, 1.54) is 16.9 Å². The number of thiazole rings is 1. The topological polar surface area (TPSA) is 38.9 Å². The van der Waals surface area contributed by atoms with Crippen molar-refractivity contribution < 1.29 is 0 Å². The molecule has 0 fully saturated rings. The van der Waals surface area contributed by atoms with Crippen LogP contribution in [-0.2, 0) is 0 Å². The molecule has 0 atom stereocenters. The molecule has 0 aliphatic heterocycles. The number of nitrogens with two attached hydrogens (primary N) is 1. The second-order valence-electron chi connectivity index (χ2n) is 3.05. The van der Waals surface area contributed by atoms with Crippen LogP contribution in [0.1, 0.15) is 5.56 Å².